The largest absolute Gasteiger partial charge is 0.479 e. The van der Waals surface area contributed by atoms with Crippen molar-refractivity contribution in [2.24, 2.45) is 5.41 Å². The maximum Gasteiger partial charge on any atom is 0.338 e. The Morgan fingerprint density at radius 2 is 2.19 bits per heavy atom. The first kappa shape index (κ1) is 12.8. The van der Waals surface area contributed by atoms with Crippen molar-refractivity contribution in [1.82, 2.24) is 10.8 Å². The van der Waals surface area contributed by atoms with Gasteiger partial charge >= 0.3 is 12.0 Å². The van der Waals surface area contributed by atoms with Crippen LogP contribution in [0.5, 0.6) is 0 Å². The van der Waals surface area contributed by atoms with Gasteiger partial charge < -0.3 is 10.4 Å². The third kappa shape index (κ3) is 3.69. The molecule has 0 aliphatic heterocycles. The van der Waals surface area contributed by atoms with Gasteiger partial charge in [-0.3, -0.25) is 4.84 Å². The van der Waals surface area contributed by atoms with E-state index in [1.54, 1.807) is 0 Å². The Kier molecular flexibility index (Phi) is 4.12. The van der Waals surface area contributed by atoms with Crippen LogP contribution in [0.15, 0.2) is 0 Å². The fourth-order valence-electron chi connectivity index (χ4n) is 1.95. The molecule has 1 rings (SSSR count). The van der Waals surface area contributed by atoms with E-state index in [0.717, 1.165) is 19.3 Å². The number of nitrogens with one attached hydrogen (secondary N) is 2. The number of rotatable bonds is 4. The first-order valence-corrected chi connectivity index (χ1v) is 5.32. The molecular weight excluding hydrogens is 212 g/mol. The van der Waals surface area contributed by atoms with Gasteiger partial charge in [-0.2, -0.15) is 0 Å². The molecule has 6 heteroatoms. The predicted octanol–water partition coefficient (Wildman–Crippen LogP) is 0.880. The van der Waals surface area contributed by atoms with Crippen LogP contribution in [0.1, 0.15) is 33.1 Å². The van der Waals surface area contributed by atoms with Crippen LogP contribution in [-0.2, 0) is 9.63 Å². The van der Waals surface area contributed by atoms with Gasteiger partial charge in [0.15, 0.2) is 6.61 Å². The van der Waals surface area contributed by atoms with Crippen molar-refractivity contribution in [2.75, 3.05) is 6.61 Å². The molecule has 6 nitrogen and oxygen atoms in total. The third-order valence-electron chi connectivity index (χ3n) is 2.92. The minimum absolute atomic E-state index is 0.0874. The van der Waals surface area contributed by atoms with Gasteiger partial charge in [-0.25, -0.2) is 15.1 Å². The van der Waals surface area contributed by atoms with Crippen molar-refractivity contribution in [3.63, 3.8) is 0 Å². The zero-order valence-electron chi connectivity index (χ0n) is 9.58. The number of hydrogen-bond acceptors (Lipinski definition) is 3. The first-order valence-electron chi connectivity index (χ1n) is 5.32. The molecule has 16 heavy (non-hydrogen) atoms. The molecule has 1 unspecified atom stereocenters. The van der Waals surface area contributed by atoms with Crippen LogP contribution in [0, 0.1) is 5.41 Å². The summed E-state index contributed by atoms with van der Waals surface area (Å²) in [5.41, 5.74) is 2.14. The molecule has 1 fully saturated rings. The van der Waals surface area contributed by atoms with Crippen molar-refractivity contribution in [2.45, 2.75) is 39.2 Å². The predicted molar refractivity (Wildman–Crippen MR) is 56.7 cm³/mol. The van der Waals surface area contributed by atoms with Gasteiger partial charge in [-0.05, 0) is 18.3 Å². The average Bonchev–Trinajstić information content (AvgIpc) is 2.45. The Morgan fingerprint density at radius 1 is 1.50 bits per heavy atom. The summed E-state index contributed by atoms with van der Waals surface area (Å²) in [5, 5.41) is 11.1. The highest BCUT2D eigenvalue weighted by Gasteiger charge is 2.35. The number of carboxylic acids is 1. The second kappa shape index (κ2) is 5.16. The molecule has 92 valence electrons. The Hall–Kier alpha value is -1.30. The summed E-state index contributed by atoms with van der Waals surface area (Å²) in [6, 6.07) is -0.373. The SMILES string of the molecule is CC1(C)CCCC1NC(=O)NOCC(=O)O. The van der Waals surface area contributed by atoms with E-state index in [0.29, 0.717) is 0 Å². The average molecular weight is 230 g/mol. The summed E-state index contributed by atoms with van der Waals surface area (Å²) >= 11 is 0. The number of hydroxylamine groups is 1. The smallest absolute Gasteiger partial charge is 0.338 e. The van der Waals surface area contributed by atoms with E-state index in [9.17, 15) is 9.59 Å². The number of aliphatic carboxylic acids is 1. The maximum atomic E-state index is 11.3. The number of carbonyl (C=O) groups is 2. The van der Waals surface area contributed by atoms with Crippen molar-refractivity contribution >= 4 is 12.0 Å². The molecule has 2 amide bonds. The maximum absolute atomic E-state index is 11.3. The summed E-state index contributed by atoms with van der Waals surface area (Å²) in [4.78, 5) is 25.9. The Bertz CT molecular complexity index is 278. The van der Waals surface area contributed by atoms with Gasteiger partial charge in [0.25, 0.3) is 0 Å². The lowest BCUT2D eigenvalue weighted by molar-refractivity contribution is -0.144. The summed E-state index contributed by atoms with van der Waals surface area (Å²) < 4.78 is 0. The van der Waals surface area contributed by atoms with E-state index >= 15 is 0 Å². The second-order valence-electron chi connectivity index (χ2n) is 4.69. The van der Waals surface area contributed by atoms with Crippen LogP contribution >= 0.6 is 0 Å². The molecule has 0 bridgehead atoms. The number of urea groups is 1. The van der Waals surface area contributed by atoms with Crippen LogP contribution in [0.25, 0.3) is 0 Å². The third-order valence-corrected chi connectivity index (χ3v) is 2.92. The molecule has 1 saturated carbocycles. The van der Waals surface area contributed by atoms with Gasteiger partial charge in [-0.1, -0.05) is 20.3 Å². The van der Waals surface area contributed by atoms with Crippen LogP contribution in [0.4, 0.5) is 4.79 Å². The standard InChI is InChI=1S/C10H18N2O4/c1-10(2)5-3-4-7(10)11-9(15)12-16-6-8(13)14/h7H,3-6H2,1-2H3,(H,13,14)(H2,11,12,15). The zero-order valence-corrected chi connectivity index (χ0v) is 9.58. The quantitative estimate of drug-likeness (QED) is 0.625. The normalized spacial score (nSPS) is 22.8. The Balaban J connectivity index is 2.26. The molecule has 0 aromatic carbocycles. The highest BCUT2D eigenvalue weighted by molar-refractivity contribution is 5.73. The molecule has 1 aliphatic carbocycles. The van der Waals surface area contributed by atoms with Gasteiger partial charge in [0.05, 0.1) is 0 Å². The molecule has 1 atom stereocenters. The summed E-state index contributed by atoms with van der Waals surface area (Å²) in [6.07, 6.45) is 3.11. The van der Waals surface area contributed by atoms with E-state index in [1.807, 2.05) is 5.48 Å². The molecule has 0 aromatic rings. The lowest BCUT2D eigenvalue weighted by atomic mass is 9.87. The summed E-state index contributed by atoms with van der Waals surface area (Å²) in [7, 11) is 0. The number of carbonyl (C=O) groups excluding carboxylic acids is 1. The van der Waals surface area contributed by atoms with Gasteiger partial charge in [0, 0.05) is 6.04 Å². The van der Waals surface area contributed by atoms with Gasteiger partial charge in [0.1, 0.15) is 0 Å². The first-order chi connectivity index (χ1) is 7.42. The van der Waals surface area contributed by atoms with E-state index in [1.165, 1.54) is 0 Å². The molecule has 0 radical (unpaired) electrons. The molecule has 0 aromatic heterocycles. The van der Waals surface area contributed by atoms with E-state index in [2.05, 4.69) is 24.0 Å². The highest BCUT2D eigenvalue weighted by Crippen LogP contribution is 2.36. The zero-order chi connectivity index (χ0) is 12.2. The van der Waals surface area contributed by atoms with Crippen LogP contribution in [0.2, 0.25) is 0 Å². The molecule has 1 aliphatic rings. The van der Waals surface area contributed by atoms with Crippen molar-refractivity contribution in [1.29, 1.82) is 0 Å². The van der Waals surface area contributed by atoms with Crippen molar-refractivity contribution < 1.29 is 19.5 Å². The fraction of sp³-hybridized carbons (Fsp3) is 0.800. The van der Waals surface area contributed by atoms with E-state index < -0.39 is 18.6 Å². The van der Waals surface area contributed by atoms with E-state index in [4.69, 9.17) is 5.11 Å². The number of hydrogen-bond donors (Lipinski definition) is 3. The lowest BCUT2D eigenvalue weighted by Crippen LogP contribution is -2.46. The number of carboxylic acid groups (broad SMARTS) is 1. The number of amides is 2. The Morgan fingerprint density at radius 3 is 2.69 bits per heavy atom. The monoisotopic (exact) mass is 230 g/mol. The second-order valence-corrected chi connectivity index (χ2v) is 4.69. The van der Waals surface area contributed by atoms with Crippen LogP contribution in [-0.4, -0.2) is 29.8 Å². The van der Waals surface area contributed by atoms with Gasteiger partial charge in [-0.15, -0.1) is 0 Å². The molecule has 3 N–H and O–H groups in total. The van der Waals surface area contributed by atoms with Crippen LogP contribution < -0.4 is 10.8 Å². The summed E-state index contributed by atoms with van der Waals surface area (Å²) in [6.45, 7) is 3.66. The molecule has 0 heterocycles. The molecule has 0 saturated heterocycles. The lowest BCUT2D eigenvalue weighted by Gasteiger charge is -2.27. The minimum Gasteiger partial charge on any atom is -0.479 e. The molecule has 0 spiro atoms. The van der Waals surface area contributed by atoms with Crippen molar-refractivity contribution in [3.05, 3.63) is 0 Å². The van der Waals surface area contributed by atoms with E-state index in [-0.39, 0.29) is 11.5 Å². The van der Waals surface area contributed by atoms with Crippen LogP contribution in [0.3, 0.4) is 0 Å². The Labute approximate surface area is 94.3 Å². The topological polar surface area (TPSA) is 87.7 Å². The van der Waals surface area contributed by atoms with Crippen molar-refractivity contribution in [3.8, 4) is 0 Å². The highest BCUT2D eigenvalue weighted by atomic mass is 16.7. The van der Waals surface area contributed by atoms with Gasteiger partial charge in [0.2, 0.25) is 0 Å². The minimum atomic E-state index is -1.12. The molecular formula is C10H18N2O4. The fourth-order valence-corrected chi connectivity index (χ4v) is 1.95. The summed E-state index contributed by atoms with van der Waals surface area (Å²) in [5.74, 6) is -1.12.